The number of carbonyl (C=O) groups is 1. The highest BCUT2D eigenvalue weighted by Gasteiger charge is 2.75. The Kier molecular flexibility index (Phi) is 3.28. The molecular formula is C14H17BrO3. The molecule has 1 aromatic carbocycles. The molecule has 0 aromatic heterocycles. The molecular weight excluding hydrogens is 296 g/mol. The second kappa shape index (κ2) is 4.35. The van der Waals surface area contributed by atoms with Crippen LogP contribution in [0.2, 0.25) is 0 Å². The van der Waals surface area contributed by atoms with Gasteiger partial charge < -0.3 is 9.47 Å². The average molecular weight is 313 g/mol. The zero-order valence-corrected chi connectivity index (χ0v) is 12.6. The largest absolute Gasteiger partial charge is 0.467 e. The maximum Gasteiger partial charge on any atom is 0.341 e. The van der Waals surface area contributed by atoms with E-state index in [9.17, 15) is 4.79 Å². The fourth-order valence-corrected chi connectivity index (χ4v) is 3.05. The Morgan fingerprint density at radius 1 is 1.44 bits per heavy atom. The van der Waals surface area contributed by atoms with E-state index in [4.69, 9.17) is 9.47 Å². The summed E-state index contributed by atoms with van der Waals surface area (Å²) in [7, 11) is 1.40. The highest BCUT2D eigenvalue weighted by Crippen LogP contribution is 2.60. The molecule has 0 saturated carbocycles. The highest BCUT2D eigenvalue weighted by atomic mass is 79.9. The van der Waals surface area contributed by atoms with Crippen molar-refractivity contribution in [3.8, 4) is 0 Å². The van der Waals surface area contributed by atoms with Gasteiger partial charge in [0.25, 0.3) is 0 Å². The molecule has 2 rings (SSSR count). The van der Waals surface area contributed by atoms with Crippen LogP contribution in [-0.2, 0) is 19.9 Å². The van der Waals surface area contributed by atoms with Crippen LogP contribution in [-0.4, -0.2) is 18.7 Å². The summed E-state index contributed by atoms with van der Waals surface area (Å²) >= 11 is 3.44. The summed E-state index contributed by atoms with van der Waals surface area (Å²) in [5.41, 5.74) is -0.503. The van der Waals surface area contributed by atoms with Crippen molar-refractivity contribution >= 4 is 21.9 Å². The SMILES string of the molecule is COC(=O)C1(C(C)C)OC1(C)c1cccc(Br)c1. The summed E-state index contributed by atoms with van der Waals surface area (Å²) in [5, 5.41) is 0. The van der Waals surface area contributed by atoms with Crippen molar-refractivity contribution < 1.29 is 14.3 Å². The summed E-state index contributed by atoms with van der Waals surface area (Å²) < 4.78 is 11.7. The molecule has 4 heteroatoms. The first-order valence-electron chi connectivity index (χ1n) is 5.93. The number of epoxide rings is 1. The number of ether oxygens (including phenoxy) is 2. The lowest BCUT2D eigenvalue weighted by molar-refractivity contribution is -0.148. The summed E-state index contributed by atoms with van der Waals surface area (Å²) in [6.07, 6.45) is 0. The van der Waals surface area contributed by atoms with E-state index in [1.165, 1.54) is 7.11 Å². The third kappa shape index (κ3) is 1.70. The van der Waals surface area contributed by atoms with E-state index in [1.807, 2.05) is 45.0 Å². The molecule has 0 spiro atoms. The molecule has 18 heavy (non-hydrogen) atoms. The topological polar surface area (TPSA) is 38.8 Å². The van der Waals surface area contributed by atoms with Gasteiger partial charge in [-0.3, -0.25) is 0 Å². The fourth-order valence-electron chi connectivity index (χ4n) is 2.65. The number of methoxy groups -OCH3 is 1. The molecule has 1 aliphatic heterocycles. The van der Waals surface area contributed by atoms with Crippen LogP contribution >= 0.6 is 15.9 Å². The summed E-state index contributed by atoms with van der Waals surface area (Å²) in [4.78, 5) is 12.1. The summed E-state index contributed by atoms with van der Waals surface area (Å²) in [5.74, 6) is -0.256. The number of hydrogen-bond acceptors (Lipinski definition) is 3. The zero-order chi connectivity index (χ0) is 13.6. The zero-order valence-electron chi connectivity index (χ0n) is 11.0. The molecule has 1 fully saturated rings. The second-order valence-electron chi connectivity index (χ2n) is 5.03. The van der Waals surface area contributed by atoms with Crippen LogP contribution in [0.3, 0.4) is 0 Å². The van der Waals surface area contributed by atoms with Gasteiger partial charge in [-0.05, 0) is 30.5 Å². The van der Waals surface area contributed by atoms with E-state index in [-0.39, 0.29) is 11.9 Å². The molecule has 0 aliphatic carbocycles. The average Bonchev–Trinajstić information content (AvgIpc) is 2.98. The van der Waals surface area contributed by atoms with Crippen LogP contribution in [0.15, 0.2) is 28.7 Å². The Bertz CT molecular complexity index is 486. The minimum atomic E-state index is -0.872. The molecule has 3 nitrogen and oxygen atoms in total. The van der Waals surface area contributed by atoms with Gasteiger partial charge in [0.15, 0.2) is 0 Å². The Labute approximate surface area is 116 Å². The van der Waals surface area contributed by atoms with E-state index in [1.54, 1.807) is 0 Å². The van der Waals surface area contributed by atoms with E-state index in [0.29, 0.717) is 0 Å². The summed E-state index contributed by atoms with van der Waals surface area (Å²) in [6, 6.07) is 7.84. The van der Waals surface area contributed by atoms with Crippen LogP contribution < -0.4 is 0 Å². The quantitative estimate of drug-likeness (QED) is 0.635. The molecule has 1 saturated heterocycles. The standard InChI is InChI=1S/C14H17BrO3/c1-9(2)14(12(16)17-4)13(3,18-14)10-6-5-7-11(15)8-10/h5-9H,1-4H3. The minimum absolute atomic E-state index is 0.0499. The van der Waals surface area contributed by atoms with Crippen molar-refractivity contribution in [2.75, 3.05) is 7.11 Å². The van der Waals surface area contributed by atoms with Gasteiger partial charge in [-0.25, -0.2) is 4.79 Å². The molecule has 1 aromatic rings. The first-order chi connectivity index (χ1) is 8.38. The maximum atomic E-state index is 12.1. The summed E-state index contributed by atoms with van der Waals surface area (Å²) in [6.45, 7) is 5.88. The van der Waals surface area contributed by atoms with Gasteiger partial charge in [0.05, 0.1) is 7.11 Å². The lowest BCUT2D eigenvalue weighted by Crippen LogP contribution is -2.37. The van der Waals surface area contributed by atoms with Crippen molar-refractivity contribution in [2.45, 2.75) is 32.0 Å². The van der Waals surface area contributed by atoms with Crippen LogP contribution in [0.5, 0.6) is 0 Å². The van der Waals surface area contributed by atoms with E-state index in [0.717, 1.165) is 10.0 Å². The van der Waals surface area contributed by atoms with Crippen LogP contribution in [0.4, 0.5) is 0 Å². The first-order valence-corrected chi connectivity index (χ1v) is 6.72. The fraction of sp³-hybridized carbons (Fsp3) is 0.500. The van der Waals surface area contributed by atoms with E-state index in [2.05, 4.69) is 15.9 Å². The molecule has 0 amide bonds. The minimum Gasteiger partial charge on any atom is -0.467 e. The van der Waals surface area contributed by atoms with Gasteiger partial charge in [0, 0.05) is 4.47 Å². The monoisotopic (exact) mass is 312 g/mol. The molecule has 2 unspecified atom stereocenters. The third-order valence-electron chi connectivity index (χ3n) is 3.71. The van der Waals surface area contributed by atoms with Crippen LogP contribution in [0, 0.1) is 5.92 Å². The van der Waals surface area contributed by atoms with Gasteiger partial charge in [-0.1, -0.05) is 41.9 Å². The lowest BCUT2D eigenvalue weighted by atomic mass is 9.80. The van der Waals surface area contributed by atoms with Gasteiger partial charge >= 0.3 is 5.97 Å². The van der Waals surface area contributed by atoms with Crippen molar-refractivity contribution in [3.05, 3.63) is 34.3 Å². The first kappa shape index (κ1) is 13.6. The number of rotatable bonds is 3. The number of esters is 1. The predicted octanol–water partition coefficient (Wildman–Crippen LogP) is 3.26. The Morgan fingerprint density at radius 2 is 2.11 bits per heavy atom. The molecule has 1 heterocycles. The number of halogens is 1. The molecule has 0 N–H and O–H groups in total. The van der Waals surface area contributed by atoms with Crippen molar-refractivity contribution in [1.29, 1.82) is 0 Å². The Hall–Kier alpha value is -0.870. The van der Waals surface area contributed by atoms with Gasteiger partial charge in [-0.2, -0.15) is 0 Å². The van der Waals surface area contributed by atoms with E-state index >= 15 is 0 Å². The molecule has 0 bridgehead atoms. The van der Waals surface area contributed by atoms with Crippen molar-refractivity contribution in [1.82, 2.24) is 0 Å². The lowest BCUT2D eigenvalue weighted by Gasteiger charge is -2.18. The van der Waals surface area contributed by atoms with E-state index < -0.39 is 11.2 Å². The molecule has 0 radical (unpaired) electrons. The maximum absolute atomic E-state index is 12.1. The van der Waals surface area contributed by atoms with Crippen LogP contribution in [0.25, 0.3) is 0 Å². The smallest absolute Gasteiger partial charge is 0.341 e. The number of benzene rings is 1. The number of hydrogen-bond donors (Lipinski definition) is 0. The second-order valence-corrected chi connectivity index (χ2v) is 5.94. The molecule has 1 aliphatic rings. The van der Waals surface area contributed by atoms with Crippen molar-refractivity contribution in [2.24, 2.45) is 5.92 Å². The van der Waals surface area contributed by atoms with Gasteiger partial charge in [0.1, 0.15) is 5.60 Å². The predicted molar refractivity (Wildman–Crippen MR) is 72.2 cm³/mol. The Morgan fingerprint density at radius 3 is 2.61 bits per heavy atom. The van der Waals surface area contributed by atoms with Gasteiger partial charge in [-0.15, -0.1) is 0 Å². The Balaban J connectivity index is 2.43. The normalized spacial score (nSPS) is 30.3. The number of carbonyl (C=O) groups excluding carboxylic acids is 1. The molecule has 2 atom stereocenters. The highest BCUT2D eigenvalue weighted by molar-refractivity contribution is 9.10. The van der Waals surface area contributed by atoms with Gasteiger partial charge in [0.2, 0.25) is 5.60 Å². The van der Waals surface area contributed by atoms with Crippen LogP contribution in [0.1, 0.15) is 26.3 Å². The van der Waals surface area contributed by atoms with Crippen molar-refractivity contribution in [3.63, 3.8) is 0 Å². The third-order valence-corrected chi connectivity index (χ3v) is 4.20. The molecule has 98 valence electrons.